The van der Waals surface area contributed by atoms with Crippen molar-refractivity contribution in [3.05, 3.63) is 23.3 Å². The number of amides is 1. The van der Waals surface area contributed by atoms with Crippen LogP contribution < -0.4 is 0 Å². The zero-order chi connectivity index (χ0) is 11.3. The quantitative estimate of drug-likeness (QED) is 0.659. The number of hydrogen-bond acceptors (Lipinski definition) is 3. The lowest BCUT2D eigenvalue weighted by molar-refractivity contribution is -0.132. The van der Waals surface area contributed by atoms with Crippen LogP contribution in [0.25, 0.3) is 0 Å². The Morgan fingerprint density at radius 2 is 2.31 bits per heavy atom. The Labute approximate surface area is 94.7 Å². The van der Waals surface area contributed by atoms with Crippen molar-refractivity contribution in [2.45, 2.75) is 45.2 Å². The summed E-state index contributed by atoms with van der Waals surface area (Å²) in [6.45, 7) is 3.57. The van der Waals surface area contributed by atoms with Crippen molar-refractivity contribution in [1.82, 2.24) is 14.9 Å². The summed E-state index contributed by atoms with van der Waals surface area (Å²) in [5, 5.41) is 0. The number of aromatic nitrogens is 2. The van der Waals surface area contributed by atoms with Crippen LogP contribution >= 0.6 is 0 Å². The van der Waals surface area contributed by atoms with Crippen LogP contribution in [0, 0.1) is 6.92 Å². The molecule has 1 fully saturated rings. The first-order valence-electron chi connectivity index (χ1n) is 5.78. The molecule has 0 unspecified atom stereocenters. The van der Waals surface area contributed by atoms with Gasteiger partial charge in [0, 0.05) is 31.1 Å². The molecule has 1 aromatic heterocycles. The highest BCUT2D eigenvalue weighted by atomic mass is 16.2. The predicted octanol–water partition coefficient (Wildman–Crippen LogP) is 1.39. The number of rotatable bonds is 0. The van der Waals surface area contributed by atoms with Gasteiger partial charge in [-0.15, -0.1) is 0 Å². The highest BCUT2D eigenvalue weighted by Gasteiger charge is 2.41. The van der Waals surface area contributed by atoms with E-state index in [-0.39, 0.29) is 11.9 Å². The average molecular weight is 217 g/mol. The summed E-state index contributed by atoms with van der Waals surface area (Å²) in [6, 6.07) is 0.594. The molecular formula is C12H15N3O. The van der Waals surface area contributed by atoms with Crippen LogP contribution in [0.1, 0.15) is 42.9 Å². The molecule has 0 N–H and O–H groups in total. The van der Waals surface area contributed by atoms with Crippen molar-refractivity contribution in [2.24, 2.45) is 0 Å². The monoisotopic (exact) mass is 217 g/mol. The van der Waals surface area contributed by atoms with Crippen molar-refractivity contribution < 1.29 is 4.79 Å². The first-order valence-corrected chi connectivity index (χ1v) is 5.78. The summed E-state index contributed by atoms with van der Waals surface area (Å²) in [5.41, 5.74) is 2.31. The third-order valence-electron chi connectivity index (χ3n) is 3.67. The molecule has 0 saturated carbocycles. The molecule has 1 amide bonds. The molecule has 0 aromatic carbocycles. The first-order chi connectivity index (χ1) is 7.66. The van der Waals surface area contributed by atoms with Gasteiger partial charge in [-0.25, -0.2) is 9.97 Å². The van der Waals surface area contributed by atoms with Gasteiger partial charge >= 0.3 is 0 Å². The number of nitrogens with zero attached hydrogens (tertiary/aromatic N) is 3. The summed E-state index contributed by atoms with van der Waals surface area (Å²) in [6.07, 6.45) is 4.96. The molecule has 1 saturated heterocycles. The molecule has 4 nitrogen and oxygen atoms in total. The second kappa shape index (κ2) is 3.27. The summed E-state index contributed by atoms with van der Waals surface area (Å²) in [4.78, 5) is 22.4. The van der Waals surface area contributed by atoms with Crippen LogP contribution in [0.4, 0.5) is 0 Å². The Balaban J connectivity index is 2.08. The summed E-state index contributed by atoms with van der Waals surface area (Å²) in [7, 11) is 0. The van der Waals surface area contributed by atoms with Crippen LogP contribution in [-0.2, 0) is 11.2 Å². The number of carbonyl (C=O) groups excluding carboxylic acids is 1. The number of aryl methyl sites for hydroxylation is 1. The number of carbonyl (C=O) groups is 1. The summed E-state index contributed by atoms with van der Waals surface area (Å²) < 4.78 is 0. The van der Waals surface area contributed by atoms with Crippen LogP contribution in [0.2, 0.25) is 0 Å². The van der Waals surface area contributed by atoms with E-state index in [1.54, 1.807) is 6.92 Å². The Kier molecular flexibility index (Phi) is 1.99. The van der Waals surface area contributed by atoms with Crippen LogP contribution in [0.5, 0.6) is 0 Å². The molecule has 16 heavy (non-hydrogen) atoms. The maximum absolute atomic E-state index is 11.6. The van der Waals surface area contributed by atoms with Crippen molar-refractivity contribution in [1.29, 1.82) is 0 Å². The minimum atomic E-state index is 0.179. The highest BCUT2D eigenvalue weighted by molar-refractivity contribution is 5.75. The average Bonchev–Trinajstić information content (AvgIpc) is 2.54. The van der Waals surface area contributed by atoms with Crippen molar-refractivity contribution in [2.75, 3.05) is 0 Å². The molecule has 2 aliphatic heterocycles. The Hall–Kier alpha value is -1.45. The largest absolute Gasteiger partial charge is 0.332 e. The van der Waals surface area contributed by atoms with E-state index in [2.05, 4.69) is 9.97 Å². The van der Waals surface area contributed by atoms with E-state index >= 15 is 0 Å². The SMILES string of the molecule is CC(=O)N1[C@@H]2CC[C@@H]1c1cnc(C)nc1C2. The minimum Gasteiger partial charge on any atom is -0.332 e. The van der Waals surface area contributed by atoms with Gasteiger partial charge in [0.2, 0.25) is 5.91 Å². The van der Waals surface area contributed by atoms with Crippen LogP contribution in [0.15, 0.2) is 6.20 Å². The molecule has 2 bridgehead atoms. The van der Waals surface area contributed by atoms with Gasteiger partial charge in [-0.1, -0.05) is 0 Å². The van der Waals surface area contributed by atoms with Gasteiger partial charge in [-0.05, 0) is 19.8 Å². The van der Waals surface area contributed by atoms with Gasteiger partial charge in [0.1, 0.15) is 5.82 Å². The van der Waals surface area contributed by atoms with E-state index in [0.717, 1.165) is 36.3 Å². The minimum absolute atomic E-state index is 0.179. The molecule has 1 aromatic rings. The molecule has 0 radical (unpaired) electrons. The molecule has 2 atom stereocenters. The van der Waals surface area contributed by atoms with Crippen molar-refractivity contribution in [3.8, 4) is 0 Å². The van der Waals surface area contributed by atoms with Crippen LogP contribution in [-0.4, -0.2) is 26.8 Å². The zero-order valence-corrected chi connectivity index (χ0v) is 9.60. The summed E-state index contributed by atoms with van der Waals surface area (Å²) in [5.74, 6) is 1.01. The zero-order valence-electron chi connectivity index (χ0n) is 9.60. The number of fused-ring (bicyclic) bond motifs is 4. The molecule has 4 heteroatoms. The van der Waals surface area contributed by atoms with Crippen LogP contribution in [0.3, 0.4) is 0 Å². The molecule has 84 valence electrons. The first kappa shape index (κ1) is 9.75. The lowest BCUT2D eigenvalue weighted by Crippen LogP contribution is -2.41. The topological polar surface area (TPSA) is 46.1 Å². The van der Waals surface area contributed by atoms with Crippen molar-refractivity contribution in [3.63, 3.8) is 0 Å². The lowest BCUT2D eigenvalue weighted by Gasteiger charge is -2.34. The maximum atomic E-state index is 11.6. The second-order valence-corrected chi connectivity index (χ2v) is 4.70. The fourth-order valence-electron chi connectivity index (χ4n) is 3.06. The van der Waals surface area contributed by atoms with Gasteiger partial charge in [-0.3, -0.25) is 4.79 Å². The predicted molar refractivity (Wildman–Crippen MR) is 58.8 cm³/mol. The van der Waals surface area contributed by atoms with Gasteiger partial charge < -0.3 is 4.90 Å². The van der Waals surface area contributed by atoms with E-state index in [4.69, 9.17) is 0 Å². The normalized spacial score (nSPS) is 26.8. The van der Waals surface area contributed by atoms with E-state index in [1.807, 2.05) is 18.0 Å². The second-order valence-electron chi connectivity index (χ2n) is 4.70. The van der Waals surface area contributed by atoms with Gasteiger partial charge in [0.15, 0.2) is 0 Å². The van der Waals surface area contributed by atoms with E-state index in [9.17, 15) is 4.79 Å². The standard InChI is InChI=1S/C12H15N3O/c1-7-13-6-10-11(14-7)5-9-3-4-12(10)15(9)8(2)16/h6,9,12H,3-5H2,1-2H3/t9-,12-/m1/s1. The molecule has 0 aliphatic carbocycles. The Morgan fingerprint density at radius 3 is 3.06 bits per heavy atom. The fourth-order valence-corrected chi connectivity index (χ4v) is 3.06. The van der Waals surface area contributed by atoms with E-state index in [1.165, 1.54) is 0 Å². The number of hydrogen-bond donors (Lipinski definition) is 0. The van der Waals surface area contributed by atoms with Gasteiger partial charge in [-0.2, -0.15) is 0 Å². The lowest BCUT2D eigenvalue weighted by atomic mass is 9.99. The summed E-state index contributed by atoms with van der Waals surface area (Å²) >= 11 is 0. The van der Waals surface area contributed by atoms with Gasteiger partial charge in [0.25, 0.3) is 0 Å². The van der Waals surface area contributed by atoms with E-state index in [0.29, 0.717) is 6.04 Å². The third kappa shape index (κ3) is 1.25. The smallest absolute Gasteiger partial charge is 0.220 e. The molecular weight excluding hydrogens is 202 g/mol. The van der Waals surface area contributed by atoms with Gasteiger partial charge in [0.05, 0.1) is 11.7 Å². The third-order valence-corrected chi connectivity index (χ3v) is 3.67. The molecule has 2 aliphatic rings. The molecule has 3 rings (SSSR count). The molecule has 0 spiro atoms. The Bertz CT molecular complexity index is 458. The van der Waals surface area contributed by atoms with Crippen molar-refractivity contribution >= 4 is 5.91 Å². The fraction of sp³-hybridized carbons (Fsp3) is 0.583. The van der Waals surface area contributed by atoms with E-state index < -0.39 is 0 Å². The molecule has 3 heterocycles. The Morgan fingerprint density at radius 1 is 1.50 bits per heavy atom. The highest BCUT2D eigenvalue weighted by Crippen LogP contribution is 2.42. The maximum Gasteiger partial charge on any atom is 0.220 e.